The minimum Gasteiger partial charge on any atom is -0.481 e. The average molecular weight is 338 g/mol. The maximum absolute atomic E-state index is 12.3. The molecule has 1 unspecified atom stereocenters. The van der Waals surface area contributed by atoms with Crippen molar-refractivity contribution in [3.05, 3.63) is 60.2 Å². The van der Waals surface area contributed by atoms with E-state index in [1.54, 1.807) is 6.92 Å². The molecule has 0 radical (unpaired) electrons. The van der Waals surface area contributed by atoms with Crippen molar-refractivity contribution in [2.45, 2.75) is 32.4 Å². The second kappa shape index (κ2) is 7.83. The molecule has 0 bridgehead atoms. The predicted molar refractivity (Wildman–Crippen MR) is 96.3 cm³/mol. The van der Waals surface area contributed by atoms with Crippen molar-refractivity contribution >= 4 is 17.5 Å². The first-order valence-electron chi connectivity index (χ1n) is 8.51. The Morgan fingerprint density at radius 1 is 1.20 bits per heavy atom. The topological polar surface area (TPSA) is 58.6 Å². The van der Waals surface area contributed by atoms with Crippen LogP contribution < -0.4 is 10.1 Å². The molecule has 0 saturated carbocycles. The van der Waals surface area contributed by atoms with E-state index in [1.807, 2.05) is 59.5 Å². The van der Waals surface area contributed by atoms with Crippen molar-refractivity contribution in [2.75, 3.05) is 11.9 Å². The molecule has 5 heteroatoms. The number of anilines is 1. The molecular formula is C20H22N2O3. The van der Waals surface area contributed by atoms with Gasteiger partial charge in [0.05, 0.1) is 0 Å². The van der Waals surface area contributed by atoms with E-state index in [0.717, 1.165) is 18.5 Å². The number of rotatable bonds is 6. The number of ether oxygens (including phenoxy) is 1. The lowest BCUT2D eigenvalue weighted by Crippen LogP contribution is -2.30. The lowest BCUT2D eigenvalue weighted by atomic mass is 10.2. The van der Waals surface area contributed by atoms with Gasteiger partial charge in [0.1, 0.15) is 5.75 Å². The van der Waals surface area contributed by atoms with Gasteiger partial charge in [0.2, 0.25) is 5.91 Å². The summed E-state index contributed by atoms with van der Waals surface area (Å²) in [5.41, 5.74) is 1.71. The molecule has 1 atom stereocenters. The number of carbonyl (C=O) groups is 2. The predicted octanol–water partition coefficient (Wildman–Crippen LogP) is 3.22. The first-order chi connectivity index (χ1) is 12.1. The highest BCUT2D eigenvalue weighted by Gasteiger charge is 2.20. The van der Waals surface area contributed by atoms with Gasteiger partial charge in [0.25, 0.3) is 5.91 Å². The molecule has 5 nitrogen and oxygen atoms in total. The van der Waals surface area contributed by atoms with Crippen LogP contribution in [-0.4, -0.2) is 29.4 Å². The van der Waals surface area contributed by atoms with Crippen LogP contribution in [0.3, 0.4) is 0 Å². The molecule has 3 rings (SSSR count). The SMILES string of the molecule is CC(Oc1ccccc1)C(=O)Nc1cccc(CN2CCCC2=O)c1. The van der Waals surface area contributed by atoms with Crippen molar-refractivity contribution in [2.24, 2.45) is 0 Å². The zero-order chi connectivity index (χ0) is 17.6. The molecule has 1 aliphatic heterocycles. The Labute approximate surface area is 147 Å². The normalized spacial score (nSPS) is 15.1. The molecule has 1 fully saturated rings. The zero-order valence-electron chi connectivity index (χ0n) is 14.3. The summed E-state index contributed by atoms with van der Waals surface area (Å²) in [7, 11) is 0. The van der Waals surface area contributed by atoms with E-state index < -0.39 is 6.10 Å². The van der Waals surface area contributed by atoms with Crippen molar-refractivity contribution < 1.29 is 14.3 Å². The number of benzene rings is 2. The van der Waals surface area contributed by atoms with Crippen molar-refractivity contribution in [3.63, 3.8) is 0 Å². The standard InChI is InChI=1S/C20H22N2O3/c1-15(25-18-9-3-2-4-10-18)20(24)21-17-8-5-7-16(13-17)14-22-12-6-11-19(22)23/h2-5,7-10,13,15H,6,11-12,14H2,1H3,(H,21,24). The van der Waals surface area contributed by atoms with E-state index in [4.69, 9.17) is 4.74 Å². The van der Waals surface area contributed by atoms with E-state index in [9.17, 15) is 9.59 Å². The fourth-order valence-corrected chi connectivity index (χ4v) is 2.84. The molecule has 1 saturated heterocycles. The van der Waals surface area contributed by atoms with Gasteiger partial charge in [-0.15, -0.1) is 0 Å². The van der Waals surface area contributed by atoms with Gasteiger partial charge < -0.3 is 15.0 Å². The molecule has 1 aliphatic rings. The number of para-hydroxylation sites is 1. The Kier molecular flexibility index (Phi) is 5.33. The highest BCUT2D eigenvalue weighted by Crippen LogP contribution is 2.18. The fourth-order valence-electron chi connectivity index (χ4n) is 2.84. The molecule has 0 spiro atoms. The Morgan fingerprint density at radius 2 is 2.00 bits per heavy atom. The fraction of sp³-hybridized carbons (Fsp3) is 0.300. The monoisotopic (exact) mass is 338 g/mol. The minimum absolute atomic E-state index is 0.194. The van der Waals surface area contributed by atoms with Crippen LogP contribution in [-0.2, 0) is 16.1 Å². The van der Waals surface area contributed by atoms with Gasteiger partial charge in [0.15, 0.2) is 6.10 Å². The largest absolute Gasteiger partial charge is 0.481 e. The van der Waals surface area contributed by atoms with Gasteiger partial charge >= 0.3 is 0 Å². The number of hydrogen-bond donors (Lipinski definition) is 1. The van der Waals surface area contributed by atoms with Gasteiger partial charge in [-0.2, -0.15) is 0 Å². The van der Waals surface area contributed by atoms with Crippen LogP contribution in [0.1, 0.15) is 25.3 Å². The zero-order valence-corrected chi connectivity index (χ0v) is 14.3. The molecule has 1 N–H and O–H groups in total. The van der Waals surface area contributed by atoms with Crippen LogP contribution in [0.5, 0.6) is 5.75 Å². The second-order valence-corrected chi connectivity index (χ2v) is 6.18. The molecule has 1 heterocycles. The first-order valence-corrected chi connectivity index (χ1v) is 8.51. The Balaban J connectivity index is 1.59. The van der Waals surface area contributed by atoms with Crippen LogP contribution in [0.4, 0.5) is 5.69 Å². The molecule has 2 aromatic rings. The van der Waals surface area contributed by atoms with E-state index in [0.29, 0.717) is 24.4 Å². The molecule has 2 aromatic carbocycles. The number of nitrogens with one attached hydrogen (secondary N) is 1. The third-order valence-corrected chi connectivity index (χ3v) is 4.16. The molecule has 25 heavy (non-hydrogen) atoms. The Morgan fingerprint density at radius 3 is 2.72 bits per heavy atom. The van der Waals surface area contributed by atoms with Gasteiger partial charge in [0, 0.05) is 25.2 Å². The molecule has 0 aromatic heterocycles. The van der Waals surface area contributed by atoms with E-state index in [2.05, 4.69) is 5.32 Å². The summed E-state index contributed by atoms with van der Waals surface area (Å²) in [5.74, 6) is 0.643. The number of carbonyl (C=O) groups excluding carboxylic acids is 2. The third-order valence-electron chi connectivity index (χ3n) is 4.16. The highest BCUT2D eigenvalue weighted by molar-refractivity contribution is 5.94. The summed E-state index contributed by atoms with van der Waals surface area (Å²) in [6.45, 7) is 3.10. The summed E-state index contributed by atoms with van der Waals surface area (Å²) < 4.78 is 5.64. The Hall–Kier alpha value is -2.82. The van der Waals surface area contributed by atoms with Crippen LogP contribution in [0.2, 0.25) is 0 Å². The van der Waals surface area contributed by atoms with Crippen LogP contribution in [0, 0.1) is 0 Å². The van der Waals surface area contributed by atoms with Crippen molar-refractivity contribution in [1.29, 1.82) is 0 Å². The highest BCUT2D eigenvalue weighted by atomic mass is 16.5. The summed E-state index contributed by atoms with van der Waals surface area (Å²) >= 11 is 0. The van der Waals surface area contributed by atoms with Gasteiger partial charge in [-0.1, -0.05) is 30.3 Å². The smallest absolute Gasteiger partial charge is 0.265 e. The minimum atomic E-state index is -0.605. The summed E-state index contributed by atoms with van der Waals surface area (Å²) in [6, 6.07) is 16.8. The van der Waals surface area contributed by atoms with Crippen LogP contribution >= 0.6 is 0 Å². The summed E-state index contributed by atoms with van der Waals surface area (Å²) in [6.07, 6.45) is 0.945. The second-order valence-electron chi connectivity index (χ2n) is 6.18. The quantitative estimate of drug-likeness (QED) is 0.880. The lowest BCUT2D eigenvalue weighted by molar-refractivity contribution is -0.128. The molecular weight excluding hydrogens is 316 g/mol. The van der Waals surface area contributed by atoms with Gasteiger partial charge in [-0.25, -0.2) is 0 Å². The van der Waals surface area contributed by atoms with Gasteiger partial charge in [-0.05, 0) is 43.2 Å². The number of amides is 2. The third kappa shape index (κ3) is 4.59. The van der Waals surface area contributed by atoms with Crippen molar-refractivity contribution in [1.82, 2.24) is 4.90 Å². The maximum Gasteiger partial charge on any atom is 0.265 e. The summed E-state index contributed by atoms with van der Waals surface area (Å²) in [5, 5.41) is 2.87. The lowest BCUT2D eigenvalue weighted by Gasteiger charge is -2.17. The van der Waals surface area contributed by atoms with E-state index in [1.165, 1.54) is 0 Å². The number of nitrogens with zero attached hydrogens (tertiary/aromatic N) is 1. The molecule has 0 aliphatic carbocycles. The van der Waals surface area contributed by atoms with Crippen molar-refractivity contribution in [3.8, 4) is 5.75 Å². The maximum atomic E-state index is 12.3. The number of hydrogen-bond acceptors (Lipinski definition) is 3. The Bertz CT molecular complexity index is 746. The molecule has 130 valence electrons. The first kappa shape index (κ1) is 17.0. The average Bonchev–Trinajstić information content (AvgIpc) is 3.01. The van der Waals surface area contributed by atoms with Gasteiger partial charge in [-0.3, -0.25) is 9.59 Å². The number of likely N-dealkylation sites (tertiary alicyclic amines) is 1. The van der Waals surface area contributed by atoms with E-state index >= 15 is 0 Å². The van der Waals surface area contributed by atoms with Crippen LogP contribution in [0.15, 0.2) is 54.6 Å². The van der Waals surface area contributed by atoms with E-state index in [-0.39, 0.29) is 11.8 Å². The summed E-state index contributed by atoms with van der Waals surface area (Å²) in [4.78, 5) is 25.9. The molecule has 2 amide bonds. The van der Waals surface area contributed by atoms with Crippen LogP contribution in [0.25, 0.3) is 0 Å².